The molecule has 1 N–H and O–H groups in total. The monoisotopic (exact) mass is 338 g/mol. The minimum Gasteiger partial charge on any atom is -0.344 e. The van der Waals surface area contributed by atoms with Crippen molar-refractivity contribution >= 4 is 21.7 Å². The second kappa shape index (κ2) is 7.12. The highest BCUT2D eigenvalue weighted by molar-refractivity contribution is 7.91. The van der Waals surface area contributed by atoms with E-state index < -0.39 is 15.9 Å². The maximum absolute atomic E-state index is 12.3. The summed E-state index contributed by atoms with van der Waals surface area (Å²) in [6, 6.07) is 6.98. The minimum atomic E-state index is -3.02. The maximum atomic E-state index is 12.3. The summed E-state index contributed by atoms with van der Waals surface area (Å²) < 4.78 is 22.8. The Hall–Kier alpha value is -1.89. The van der Waals surface area contributed by atoms with Gasteiger partial charge in [-0.2, -0.15) is 0 Å². The van der Waals surface area contributed by atoms with Crippen LogP contribution in [0.4, 0.5) is 0 Å². The van der Waals surface area contributed by atoms with Crippen LogP contribution in [-0.2, 0) is 25.8 Å². The van der Waals surface area contributed by atoms with Gasteiger partial charge >= 0.3 is 0 Å². The molecular weight excluding hydrogens is 316 g/mol. The lowest BCUT2D eigenvalue weighted by Gasteiger charge is -2.29. The van der Waals surface area contributed by atoms with Crippen LogP contribution in [0.3, 0.4) is 0 Å². The molecule has 23 heavy (non-hydrogen) atoms. The number of aryl methyl sites for hydroxylation is 1. The molecule has 1 atom stereocenters. The summed E-state index contributed by atoms with van der Waals surface area (Å²) in [5.41, 5.74) is 2.01. The Morgan fingerprint density at radius 3 is 2.30 bits per heavy atom. The topological polar surface area (TPSA) is 83.6 Å². The Kier molecular flexibility index (Phi) is 5.41. The van der Waals surface area contributed by atoms with Crippen LogP contribution in [0, 0.1) is 6.92 Å². The van der Waals surface area contributed by atoms with Crippen LogP contribution in [-0.4, -0.2) is 55.8 Å². The van der Waals surface area contributed by atoms with Crippen molar-refractivity contribution in [1.82, 2.24) is 10.2 Å². The van der Waals surface area contributed by atoms with Gasteiger partial charge in [0.15, 0.2) is 9.84 Å². The van der Waals surface area contributed by atoms with Gasteiger partial charge in [-0.3, -0.25) is 9.59 Å². The van der Waals surface area contributed by atoms with Crippen LogP contribution in [0.2, 0.25) is 0 Å². The SMILES string of the molecule is Cc1ccc(CC(=O)N[C@@H](C)C(=O)N2CCS(=O)(=O)CC2)cc1. The van der Waals surface area contributed by atoms with Gasteiger partial charge in [0.1, 0.15) is 6.04 Å². The Morgan fingerprint density at radius 2 is 1.74 bits per heavy atom. The summed E-state index contributed by atoms with van der Waals surface area (Å²) in [5.74, 6) is -0.484. The molecule has 0 saturated carbocycles. The largest absolute Gasteiger partial charge is 0.344 e. The molecule has 6 nitrogen and oxygen atoms in total. The van der Waals surface area contributed by atoms with E-state index in [0.29, 0.717) is 0 Å². The molecule has 1 aromatic carbocycles. The number of nitrogens with one attached hydrogen (secondary N) is 1. The van der Waals surface area contributed by atoms with Gasteiger partial charge in [0.25, 0.3) is 0 Å². The molecule has 0 bridgehead atoms. The summed E-state index contributed by atoms with van der Waals surface area (Å²) in [4.78, 5) is 25.8. The number of hydrogen-bond acceptors (Lipinski definition) is 4. The molecule has 7 heteroatoms. The Morgan fingerprint density at radius 1 is 1.17 bits per heavy atom. The number of hydrogen-bond donors (Lipinski definition) is 1. The molecule has 1 saturated heterocycles. The molecule has 2 rings (SSSR count). The first-order valence-corrected chi connectivity index (χ1v) is 9.43. The van der Waals surface area contributed by atoms with Crippen LogP contribution in [0.5, 0.6) is 0 Å². The van der Waals surface area contributed by atoms with Crippen LogP contribution in [0.1, 0.15) is 18.1 Å². The van der Waals surface area contributed by atoms with Gasteiger partial charge in [0.05, 0.1) is 17.9 Å². The van der Waals surface area contributed by atoms with Gasteiger partial charge in [-0.15, -0.1) is 0 Å². The first-order chi connectivity index (χ1) is 10.8. The second-order valence-corrected chi connectivity index (χ2v) is 8.23. The average molecular weight is 338 g/mol. The van der Waals surface area contributed by atoms with E-state index >= 15 is 0 Å². The average Bonchev–Trinajstić information content (AvgIpc) is 2.49. The number of benzene rings is 1. The quantitative estimate of drug-likeness (QED) is 0.856. The molecular formula is C16H22N2O4S. The number of carbonyl (C=O) groups excluding carboxylic acids is 2. The first-order valence-electron chi connectivity index (χ1n) is 7.61. The zero-order chi connectivity index (χ0) is 17.0. The molecule has 1 fully saturated rings. The van der Waals surface area contributed by atoms with E-state index in [4.69, 9.17) is 0 Å². The zero-order valence-corrected chi connectivity index (χ0v) is 14.2. The number of rotatable bonds is 4. The van der Waals surface area contributed by atoms with E-state index in [0.717, 1.165) is 11.1 Å². The third-order valence-electron chi connectivity index (χ3n) is 3.89. The highest BCUT2D eigenvalue weighted by atomic mass is 32.2. The van der Waals surface area contributed by atoms with Crippen molar-refractivity contribution in [3.8, 4) is 0 Å². The van der Waals surface area contributed by atoms with Crippen molar-refractivity contribution in [1.29, 1.82) is 0 Å². The molecule has 0 aliphatic carbocycles. The fourth-order valence-electron chi connectivity index (χ4n) is 2.45. The van der Waals surface area contributed by atoms with E-state index in [9.17, 15) is 18.0 Å². The van der Waals surface area contributed by atoms with Crippen LogP contribution >= 0.6 is 0 Å². The van der Waals surface area contributed by atoms with Gasteiger partial charge in [0, 0.05) is 13.1 Å². The zero-order valence-electron chi connectivity index (χ0n) is 13.4. The van der Waals surface area contributed by atoms with Crippen LogP contribution < -0.4 is 5.32 Å². The van der Waals surface area contributed by atoms with E-state index in [1.807, 2.05) is 31.2 Å². The van der Waals surface area contributed by atoms with Crippen molar-refractivity contribution in [2.75, 3.05) is 24.6 Å². The summed E-state index contributed by atoms with van der Waals surface area (Å²) in [6.45, 7) is 3.99. The second-order valence-electron chi connectivity index (χ2n) is 5.93. The highest BCUT2D eigenvalue weighted by Crippen LogP contribution is 2.07. The highest BCUT2D eigenvalue weighted by Gasteiger charge is 2.28. The maximum Gasteiger partial charge on any atom is 0.244 e. The predicted octanol–water partition coefficient (Wildman–Crippen LogP) is 0.299. The molecule has 126 valence electrons. The fraction of sp³-hybridized carbons (Fsp3) is 0.500. The number of carbonyl (C=O) groups is 2. The standard InChI is InChI=1S/C16H22N2O4S/c1-12-3-5-14(6-4-12)11-15(19)17-13(2)16(20)18-7-9-23(21,22)10-8-18/h3-6,13H,7-11H2,1-2H3,(H,17,19)/t13-/m0/s1. The van der Waals surface area contributed by atoms with E-state index in [2.05, 4.69) is 5.32 Å². The lowest BCUT2D eigenvalue weighted by Crippen LogP contribution is -2.51. The van der Waals surface area contributed by atoms with Crippen molar-refractivity contribution < 1.29 is 18.0 Å². The van der Waals surface area contributed by atoms with Crippen LogP contribution in [0.25, 0.3) is 0 Å². The Bertz CT molecular complexity index is 669. The number of nitrogens with zero attached hydrogens (tertiary/aromatic N) is 1. The van der Waals surface area contributed by atoms with E-state index in [1.54, 1.807) is 6.92 Å². The van der Waals surface area contributed by atoms with Gasteiger partial charge in [-0.05, 0) is 19.4 Å². The third kappa shape index (κ3) is 5.06. The van der Waals surface area contributed by atoms with Gasteiger partial charge in [-0.25, -0.2) is 8.42 Å². The summed E-state index contributed by atoms with van der Waals surface area (Å²) in [7, 11) is -3.02. The molecule has 1 aliphatic heterocycles. The summed E-state index contributed by atoms with van der Waals surface area (Å²) in [6.07, 6.45) is 0.215. The van der Waals surface area contributed by atoms with Crippen molar-refractivity contribution in [3.63, 3.8) is 0 Å². The van der Waals surface area contributed by atoms with E-state index in [1.165, 1.54) is 4.90 Å². The molecule has 0 radical (unpaired) electrons. The lowest BCUT2D eigenvalue weighted by atomic mass is 10.1. The first kappa shape index (κ1) is 17.5. The lowest BCUT2D eigenvalue weighted by molar-refractivity contribution is -0.135. The van der Waals surface area contributed by atoms with Gasteiger partial charge in [-0.1, -0.05) is 29.8 Å². The Balaban J connectivity index is 1.85. The molecule has 1 aromatic rings. The smallest absolute Gasteiger partial charge is 0.244 e. The summed E-state index contributed by atoms with van der Waals surface area (Å²) in [5, 5.41) is 2.68. The summed E-state index contributed by atoms with van der Waals surface area (Å²) >= 11 is 0. The molecule has 0 unspecified atom stereocenters. The van der Waals surface area contributed by atoms with Crippen LogP contribution in [0.15, 0.2) is 24.3 Å². The van der Waals surface area contributed by atoms with Gasteiger partial charge < -0.3 is 10.2 Å². The van der Waals surface area contributed by atoms with Gasteiger partial charge in [0.2, 0.25) is 11.8 Å². The molecule has 0 spiro atoms. The van der Waals surface area contributed by atoms with Crippen molar-refractivity contribution in [2.24, 2.45) is 0 Å². The minimum absolute atomic E-state index is 0.0111. The fourth-order valence-corrected chi connectivity index (χ4v) is 3.65. The molecule has 1 aliphatic rings. The number of sulfone groups is 1. The predicted molar refractivity (Wildman–Crippen MR) is 87.7 cm³/mol. The van der Waals surface area contributed by atoms with E-state index in [-0.39, 0.29) is 42.8 Å². The normalized spacial score (nSPS) is 18.3. The number of amides is 2. The third-order valence-corrected chi connectivity index (χ3v) is 5.50. The van der Waals surface area contributed by atoms with Crippen molar-refractivity contribution in [2.45, 2.75) is 26.3 Å². The van der Waals surface area contributed by atoms with Crippen molar-refractivity contribution in [3.05, 3.63) is 35.4 Å². The Labute approximate surface area is 136 Å². The molecule has 2 amide bonds. The molecule has 1 heterocycles. The molecule has 0 aromatic heterocycles.